The maximum Gasteiger partial charge on any atom is 0.0714 e. The molecule has 1 heterocycles. The number of rotatable bonds is 7. The van der Waals surface area contributed by atoms with Gasteiger partial charge >= 0.3 is 0 Å². The van der Waals surface area contributed by atoms with Gasteiger partial charge in [0.25, 0.3) is 0 Å². The number of thiophene rings is 1. The molecular formula is C64H45NS. The van der Waals surface area contributed by atoms with Crippen molar-refractivity contribution >= 4 is 48.6 Å². The maximum absolute atomic E-state index is 2.48. The molecule has 2 heteroatoms. The molecule has 0 spiro atoms. The molecule has 0 unspecified atom stereocenters. The fourth-order valence-electron chi connectivity index (χ4n) is 11.5. The number of hydrogen-bond donors (Lipinski definition) is 0. The molecule has 0 aliphatic heterocycles. The van der Waals surface area contributed by atoms with Gasteiger partial charge in [0.1, 0.15) is 0 Å². The van der Waals surface area contributed by atoms with Gasteiger partial charge in [0.15, 0.2) is 0 Å². The lowest BCUT2D eigenvalue weighted by Crippen LogP contribution is -2.28. The predicted octanol–water partition coefficient (Wildman–Crippen LogP) is 17.5. The van der Waals surface area contributed by atoms with E-state index in [0.29, 0.717) is 0 Å². The molecule has 2 aliphatic carbocycles. The number of anilines is 3. The summed E-state index contributed by atoms with van der Waals surface area (Å²) in [5.41, 5.74) is 20.9. The first-order chi connectivity index (χ1) is 32.5. The third-order valence-corrected chi connectivity index (χ3v) is 15.7. The maximum atomic E-state index is 2.48. The largest absolute Gasteiger partial charge is 0.310 e. The van der Waals surface area contributed by atoms with E-state index in [1.807, 2.05) is 11.3 Å². The van der Waals surface area contributed by atoms with Crippen molar-refractivity contribution in [1.82, 2.24) is 0 Å². The van der Waals surface area contributed by atoms with Crippen LogP contribution >= 0.6 is 11.3 Å². The van der Waals surface area contributed by atoms with Crippen LogP contribution in [0.15, 0.2) is 237 Å². The second-order valence-electron chi connectivity index (χ2n) is 18.4. The first-order valence-corrected chi connectivity index (χ1v) is 23.8. The van der Waals surface area contributed by atoms with Crippen molar-refractivity contribution in [3.05, 3.63) is 270 Å². The van der Waals surface area contributed by atoms with Gasteiger partial charge in [-0.05, 0) is 126 Å². The Labute approximate surface area is 390 Å². The molecule has 10 aromatic carbocycles. The summed E-state index contributed by atoms with van der Waals surface area (Å²) in [6, 6.07) is 88.1. The molecule has 0 bridgehead atoms. The summed E-state index contributed by atoms with van der Waals surface area (Å²) in [5, 5.41) is 2.59. The Hall–Kier alpha value is -7.78. The van der Waals surface area contributed by atoms with Gasteiger partial charge < -0.3 is 4.90 Å². The zero-order valence-corrected chi connectivity index (χ0v) is 37.7. The van der Waals surface area contributed by atoms with Crippen LogP contribution < -0.4 is 4.90 Å². The Balaban J connectivity index is 0.931. The van der Waals surface area contributed by atoms with E-state index in [9.17, 15) is 0 Å². The minimum Gasteiger partial charge on any atom is -0.310 e. The van der Waals surface area contributed by atoms with Gasteiger partial charge in [0.2, 0.25) is 0 Å². The van der Waals surface area contributed by atoms with E-state index in [2.05, 4.69) is 255 Å². The van der Waals surface area contributed by atoms with E-state index in [1.165, 1.54) is 98.1 Å². The average Bonchev–Trinajstić information content (AvgIpc) is 3.98. The number of hydrogen-bond acceptors (Lipinski definition) is 2. The molecule has 1 nitrogen and oxygen atoms in total. The van der Waals surface area contributed by atoms with Crippen LogP contribution in [0.1, 0.15) is 47.2 Å². The van der Waals surface area contributed by atoms with Gasteiger partial charge in [-0.2, -0.15) is 0 Å². The highest BCUT2D eigenvalue weighted by Crippen LogP contribution is 2.57. The van der Waals surface area contributed by atoms with E-state index < -0.39 is 5.41 Å². The Bertz CT molecular complexity index is 3640. The highest BCUT2D eigenvalue weighted by molar-refractivity contribution is 7.25. The molecule has 0 amide bonds. The summed E-state index contributed by atoms with van der Waals surface area (Å²) in [5.74, 6) is 0. The van der Waals surface area contributed by atoms with E-state index in [0.717, 1.165) is 17.1 Å². The Morgan fingerprint density at radius 2 is 0.803 bits per heavy atom. The molecule has 0 saturated carbocycles. The first-order valence-electron chi connectivity index (χ1n) is 23.0. The lowest BCUT2D eigenvalue weighted by atomic mass is 9.67. The van der Waals surface area contributed by atoms with Crippen LogP contribution in [0.3, 0.4) is 0 Å². The molecule has 2 aliphatic rings. The van der Waals surface area contributed by atoms with E-state index in [-0.39, 0.29) is 5.41 Å². The number of benzene rings is 10. The normalized spacial score (nSPS) is 13.8. The molecular weight excluding hydrogens is 815 g/mol. The Morgan fingerprint density at radius 1 is 0.318 bits per heavy atom. The average molecular weight is 860 g/mol. The molecule has 0 N–H and O–H groups in total. The van der Waals surface area contributed by atoms with Crippen molar-refractivity contribution in [2.75, 3.05) is 4.90 Å². The molecule has 1 aromatic heterocycles. The highest BCUT2D eigenvalue weighted by atomic mass is 32.1. The third kappa shape index (κ3) is 5.78. The summed E-state index contributed by atoms with van der Waals surface area (Å²) < 4.78 is 2.59. The molecule has 0 saturated heterocycles. The van der Waals surface area contributed by atoms with Gasteiger partial charge in [-0.25, -0.2) is 0 Å². The van der Waals surface area contributed by atoms with Crippen LogP contribution in [-0.2, 0) is 10.8 Å². The zero-order chi connectivity index (χ0) is 44.0. The van der Waals surface area contributed by atoms with Crippen LogP contribution in [0.5, 0.6) is 0 Å². The molecule has 312 valence electrons. The molecule has 0 atom stereocenters. The minimum absolute atomic E-state index is 0.115. The summed E-state index contributed by atoms with van der Waals surface area (Å²) in [7, 11) is 0. The molecule has 66 heavy (non-hydrogen) atoms. The molecule has 13 rings (SSSR count). The molecule has 11 aromatic rings. The number of nitrogens with zero attached hydrogens (tertiary/aromatic N) is 1. The van der Waals surface area contributed by atoms with Crippen LogP contribution in [0.2, 0.25) is 0 Å². The second kappa shape index (κ2) is 14.9. The van der Waals surface area contributed by atoms with Crippen molar-refractivity contribution in [3.63, 3.8) is 0 Å². The van der Waals surface area contributed by atoms with Crippen molar-refractivity contribution in [3.8, 4) is 44.5 Å². The van der Waals surface area contributed by atoms with Gasteiger partial charge in [-0.1, -0.05) is 202 Å². The van der Waals surface area contributed by atoms with Crippen LogP contribution in [0, 0.1) is 0 Å². The summed E-state index contributed by atoms with van der Waals surface area (Å²) >= 11 is 1.90. The van der Waals surface area contributed by atoms with Gasteiger partial charge in [0, 0.05) is 42.6 Å². The topological polar surface area (TPSA) is 3.24 Å². The zero-order valence-electron chi connectivity index (χ0n) is 36.9. The predicted molar refractivity (Wildman–Crippen MR) is 280 cm³/mol. The lowest BCUT2D eigenvalue weighted by molar-refractivity contribution is 0.660. The lowest BCUT2D eigenvalue weighted by Gasteiger charge is -2.33. The summed E-state index contributed by atoms with van der Waals surface area (Å²) in [6.45, 7) is 4.73. The third-order valence-electron chi connectivity index (χ3n) is 14.5. The summed E-state index contributed by atoms with van der Waals surface area (Å²) in [6.07, 6.45) is 0. The van der Waals surface area contributed by atoms with Crippen molar-refractivity contribution < 1.29 is 0 Å². The molecule has 0 radical (unpaired) electrons. The fourth-order valence-corrected chi connectivity index (χ4v) is 12.6. The standard InChI is InChI=1S/C64H45NS/c1-63(2)57-28-12-9-25-51(57)54-36-33-50(41-60(54)63)65(48-23-15-19-43(37-48)42-17-5-3-6-18-42)49-24-16-20-44(38-49)45-31-34-55-56-35-32-47(40-62(56)66-61(55)39-45)64(46-21-7-4-8-22-46)58-29-13-10-26-52(58)53-27-11-14-30-59(53)64/h3-41H,1-2H3. The quantitative estimate of drug-likeness (QED) is 0.154. The highest BCUT2D eigenvalue weighted by Gasteiger charge is 2.46. The summed E-state index contributed by atoms with van der Waals surface area (Å²) in [4.78, 5) is 2.44. The monoisotopic (exact) mass is 859 g/mol. The van der Waals surface area contributed by atoms with E-state index >= 15 is 0 Å². The van der Waals surface area contributed by atoms with Crippen molar-refractivity contribution in [2.45, 2.75) is 24.7 Å². The number of fused-ring (bicyclic) bond motifs is 9. The van der Waals surface area contributed by atoms with Crippen LogP contribution in [0.4, 0.5) is 17.1 Å². The van der Waals surface area contributed by atoms with E-state index in [1.54, 1.807) is 0 Å². The fraction of sp³-hybridized carbons (Fsp3) is 0.0625. The van der Waals surface area contributed by atoms with Gasteiger partial charge in [-0.15, -0.1) is 11.3 Å². The van der Waals surface area contributed by atoms with Crippen LogP contribution in [-0.4, -0.2) is 0 Å². The van der Waals surface area contributed by atoms with Gasteiger partial charge in [-0.3, -0.25) is 0 Å². The van der Waals surface area contributed by atoms with Crippen LogP contribution in [0.25, 0.3) is 64.7 Å². The van der Waals surface area contributed by atoms with Gasteiger partial charge in [0.05, 0.1) is 5.41 Å². The van der Waals surface area contributed by atoms with E-state index in [4.69, 9.17) is 0 Å². The Kier molecular flexibility index (Phi) is 8.72. The van der Waals surface area contributed by atoms with Crippen molar-refractivity contribution in [1.29, 1.82) is 0 Å². The van der Waals surface area contributed by atoms with Crippen molar-refractivity contribution in [2.24, 2.45) is 0 Å². The smallest absolute Gasteiger partial charge is 0.0714 e. The first kappa shape index (κ1) is 38.7. The minimum atomic E-state index is -0.421. The SMILES string of the molecule is CC1(C)c2ccccc2-c2ccc(N(c3cccc(-c4ccccc4)c3)c3cccc(-c4ccc5c(c4)sc4cc(C6(c7ccccc7)c7ccccc7-c7ccccc76)ccc45)c3)cc21. The second-order valence-corrected chi connectivity index (χ2v) is 19.5. The molecule has 0 fully saturated rings. The Morgan fingerprint density at radius 3 is 1.47 bits per heavy atom.